The number of rotatable bonds is 13. The van der Waals surface area contributed by atoms with Gasteiger partial charge in [-0.2, -0.15) is 0 Å². The van der Waals surface area contributed by atoms with Crippen molar-refractivity contribution in [3.05, 3.63) is 156 Å². The number of hydrogen-bond donors (Lipinski definition) is 5. The Kier molecular flexibility index (Phi) is 13.4. The number of aromatic nitrogens is 6. The number of nitrogens with one attached hydrogen (secondary N) is 3. The molecule has 2 amide bonds. The molecule has 0 saturated heterocycles. The van der Waals surface area contributed by atoms with E-state index in [1.165, 1.54) is 36.4 Å². The molecule has 14 nitrogen and oxygen atoms in total. The molecule has 6 N–H and O–H groups in total. The van der Waals surface area contributed by atoms with Crippen molar-refractivity contribution in [1.29, 1.82) is 0 Å². The van der Waals surface area contributed by atoms with E-state index in [-0.39, 0.29) is 40.8 Å². The molecule has 4 atom stereocenters. The van der Waals surface area contributed by atoms with E-state index in [1.807, 2.05) is 32.2 Å². The van der Waals surface area contributed by atoms with Crippen molar-refractivity contribution < 1.29 is 37.7 Å². The number of ether oxygens (including phenoxy) is 2. The zero-order valence-electron chi connectivity index (χ0n) is 36.0. The zero-order valence-corrected chi connectivity index (χ0v) is 36.0. The van der Waals surface area contributed by atoms with Gasteiger partial charge >= 0.3 is 5.97 Å². The molecular weight excluding hydrogens is 847 g/mol. The van der Waals surface area contributed by atoms with E-state index in [4.69, 9.17) is 25.3 Å². The molecular formula is C50H46F2N8O6. The summed E-state index contributed by atoms with van der Waals surface area (Å²) in [7, 11) is 0. The fraction of sp³-hybridized carbons (Fsp3) is 0.220. The van der Waals surface area contributed by atoms with Crippen LogP contribution in [0, 0.1) is 23.5 Å². The Balaban J connectivity index is 0.000000151. The second kappa shape index (κ2) is 19.8. The quantitative estimate of drug-likeness (QED) is 0.0742. The number of pyridine rings is 2. The van der Waals surface area contributed by atoms with Crippen LogP contribution >= 0.6 is 0 Å². The lowest BCUT2D eigenvalue weighted by Gasteiger charge is -2.12. The summed E-state index contributed by atoms with van der Waals surface area (Å²) < 4.78 is 37.9. The summed E-state index contributed by atoms with van der Waals surface area (Å²) >= 11 is 0. The van der Waals surface area contributed by atoms with Crippen LogP contribution in [0.4, 0.5) is 8.78 Å². The number of carbonyl (C=O) groups is 3. The highest BCUT2D eigenvalue weighted by atomic mass is 19.1. The van der Waals surface area contributed by atoms with Crippen LogP contribution in [0.2, 0.25) is 0 Å². The number of fused-ring (bicyclic) bond motifs is 2. The van der Waals surface area contributed by atoms with Crippen molar-refractivity contribution in [3.63, 3.8) is 0 Å². The number of primary amides is 1. The number of nitrogens with zero attached hydrogens (tertiary/aromatic N) is 4. The third-order valence-corrected chi connectivity index (χ3v) is 11.3. The Bertz CT molecular complexity index is 2980. The van der Waals surface area contributed by atoms with Crippen LogP contribution in [0.15, 0.2) is 122 Å². The number of halogens is 2. The molecule has 0 radical (unpaired) electrons. The summed E-state index contributed by atoms with van der Waals surface area (Å²) in [6, 6.07) is 25.9. The smallest absolute Gasteiger partial charge is 0.335 e. The molecule has 4 heterocycles. The van der Waals surface area contributed by atoms with Crippen molar-refractivity contribution >= 4 is 39.6 Å². The lowest BCUT2D eigenvalue weighted by atomic mass is 10.1. The summed E-state index contributed by atoms with van der Waals surface area (Å²) in [5.41, 5.74) is 9.77. The molecule has 336 valence electrons. The number of carbonyl (C=O) groups excluding carboxylic acids is 2. The lowest BCUT2D eigenvalue weighted by Crippen LogP contribution is -2.25. The molecule has 2 saturated carbocycles. The molecule has 0 spiro atoms. The second-order valence-corrected chi connectivity index (χ2v) is 15.8. The molecule has 0 aliphatic heterocycles. The molecule has 16 heteroatoms. The number of carboxylic acids is 1. The molecule has 8 aromatic rings. The number of imidazole rings is 2. The van der Waals surface area contributed by atoms with Gasteiger partial charge in [0.25, 0.3) is 5.91 Å². The molecule has 4 aromatic heterocycles. The van der Waals surface area contributed by atoms with E-state index in [0.717, 1.165) is 46.4 Å². The van der Waals surface area contributed by atoms with Gasteiger partial charge in [0.05, 0.1) is 41.2 Å². The average molecular weight is 893 g/mol. The maximum atomic E-state index is 13.3. The molecule has 2 aliphatic rings. The maximum Gasteiger partial charge on any atom is 0.335 e. The Morgan fingerprint density at radius 2 is 1.20 bits per heavy atom. The van der Waals surface area contributed by atoms with Gasteiger partial charge in [0, 0.05) is 88.7 Å². The van der Waals surface area contributed by atoms with E-state index in [0.29, 0.717) is 71.1 Å². The highest BCUT2D eigenvalue weighted by molar-refractivity contribution is 5.99. The van der Waals surface area contributed by atoms with Gasteiger partial charge in [0.2, 0.25) is 5.91 Å². The van der Waals surface area contributed by atoms with Crippen LogP contribution in [0.5, 0.6) is 11.5 Å². The van der Waals surface area contributed by atoms with Gasteiger partial charge in [-0.1, -0.05) is 0 Å². The van der Waals surface area contributed by atoms with Crippen molar-refractivity contribution in [2.45, 2.75) is 38.5 Å². The van der Waals surface area contributed by atoms with Gasteiger partial charge in [-0.05, 0) is 118 Å². The number of carboxylic acid groups (broad SMARTS) is 1. The van der Waals surface area contributed by atoms with Crippen molar-refractivity contribution in [3.8, 4) is 34.0 Å². The number of aromatic amines is 2. The van der Waals surface area contributed by atoms with Gasteiger partial charge in [-0.25, -0.2) is 33.5 Å². The molecule has 10 rings (SSSR count). The Labute approximate surface area is 377 Å². The highest BCUT2D eigenvalue weighted by Crippen LogP contribution is 2.46. The zero-order chi connectivity index (χ0) is 46.3. The van der Waals surface area contributed by atoms with Gasteiger partial charge in [-0.3, -0.25) is 9.59 Å². The van der Waals surface area contributed by atoms with Gasteiger partial charge in [-0.15, -0.1) is 0 Å². The molecule has 2 fully saturated rings. The van der Waals surface area contributed by atoms with Crippen molar-refractivity contribution in [2.75, 3.05) is 19.8 Å². The predicted molar refractivity (Wildman–Crippen MR) is 244 cm³/mol. The molecule has 0 bridgehead atoms. The van der Waals surface area contributed by atoms with Crippen LogP contribution in [0.1, 0.15) is 70.9 Å². The predicted octanol–water partition coefficient (Wildman–Crippen LogP) is 8.83. The largest absolute Gasteiger partial charge is 0.493 e. The molecule has 4 unspecified atom stereocenters. The van der Waals surface area contributed by atoms with E-state index < -0.39 is 5.97 Å². The SMILES string of the molecule is CCOc1cc(-c2ccc(F)cc2)nc2cc(C(=O)NCC3CC3c3ncc[nH]3)ccc12.CCOc1cc(-c2ccc(F)cc2)nc2cc(C(=O)O)ccc12.NC(=O)C1CC1c1ncc[nH]1. The normalized spacial score (nSPS) is 16.8. The number of hydrogen-bond acceptors (Lipinski definition) is 9. The average Bonchev–Trinajstić information content (AvgIpc) is 4.15. The third kappa shape index (κ3) is 10.5. The third-order valence-electron chi connectivity index (χ3n) is 11.3. The Hall–Kier alpha value is -8.01. The van der Waals surface area contributed by atoms with E-state index in [2.05, 4.69) is 30.2 Å². The number of aromatic carboxylic acids is 1. The summed E-state index contributed by atoms with van der Waals surface area (Å²) in [4.78, 5) is 58.2. The van der Waals surface area contributed by atoms with E-state index in [1.54, 1.807) is 67.1 Å². The minimum Gasteiger partial charge on any atom is -0.493 e. The second-order valence-electron chi connectivity index (χ2n) is 15.8. The van der Waals surface area contributed by atoms with Gasteiger partial charge in [0.1, 0.15) is 34.8 Å². The minimum absolute atomic E-state index is 0.0150. The van der Waals surface area contributed by atoms with Gasteiger partial charge < -0.3 is 35.6 Å². The fourth-order valence-electron chi connectivity index (χ4n) is 7.66. The summed E-state index contributed by atoms with van der Waals surface area (Å²) in [6.07, 6.45) is 8.89. The lowest BCUT2D eigenvalue weighted by molar-refractivity contribution is -0.119. The number of nitrogens with two attached hydrogens (primary N) is 1. The first-order valence-electron chi connectivity index (χ1n) is 21.5. The van der Waals surface area contributed by atoms with E-state index in [9.17, 15) is 23.2 Å². The standard InChI is InChI=1S/C25H23FN4O2.C18H14FNO3.C7H9N3O/c1-2-32-23-13-21(15-3-6-18(26)7-4-15)30-22-12-16(5-8-19(22)23)25(31)29-14-17-11-20(17)24-27-9-10-28-24;1-2-23-17-10-15(11-3-6-13(19)7-4-11)20-16-9-12(18(21)22)5-8-14(16)17;8-6(11)4-3-5(4)7-9-1-2-10-7/h3-10,12-13,17,20H,2,11,14H2,1H3,(H,27,28)(H,29,31);3-10H,2H2,1H3,(H,21,22);1-2,4-5H,3H2,(H2,8,11)(H,9,10). The van der Waals surface area contributed by atoms with Crippen molar-refractivity contribution in [1.82, 2.24) is 35.2 Å². The van der Waals surface area contributed by atoms with Crippen molar-refractivity contribution in [2.24, 2.45) is 17.6 Å². The molecule has 4 aromatic carbocycles. The Morgan fingerprint density at radius 1 is 0.697 bits per heavy atom. The topological polar surface area (TPSA) is 211 Å². The van der Waals surface area contributed by atoms with Gasteiger partial charge in [0.15, 0.2) is 0 Å². The minimum atomic E-state index is -1.01. The summed E-state index contributed by atoms with van der Waals surface area (Å²) in [5.74, 6) is 2.23. The first-order chi connectivity index (χ1) is 32.0. The molecule has 2 aliphatic carbocycles. The monoisotopic (exact) mass is 892 g/mol. The first kappa shape index (κ1) is 44.6. The Morgan fingerprint density at radius 3 is 1.65 bits per heavy atom. The maximum absolute atomic E-state index is 13.3. The van der Waals surface area contributed by atoms with E-state index >= 15 is 0 Å². The summed E-state index contributed by atoms with van der Waals surface area (Å²) in [5, 5.41) is 13.7. The first-order valence-corrected chi connectivity index (χ1v) is 21.5. The number of H-pyrrole nitrogens is 2. The van der Waals surface area contributed by atoms with Crippen LogP contribution in [0.25, 0.3) is 44.3 Å². The summed E-state index contributed by atoms with van der Waals surface area (Å²) in [6.45, 7) is 5.37. The van der Waals surface area contributed by atoms with Crippen LogP contribution in [-0.4, -0.2) is 72.6 Å². The van der Waals surface area contributed by atoms with Crippen LogP contribution < -0.4 is 20.5 Å². The highest BCUT2D eigenvalue weighted by Gasteiger charge is 2.44. The molecule has 66 heavy (non-hydrogen) atoms. The number of benzene rings is 4. The number of amides is 2. The van der Waals surface area contributed by atoms with Crippen LogP contribution in [0.3, 0.4) is 0 Å². The van der Waals surface area contributed by atoms with Crippen LogP contribution in [-0.2, 0) is 4.79 Å². The fourth-order valence-corrected chi connectivity index (χ4v) is 7.66.